The lowest BCUT2D eigenvalue weighted by Gasteiger charge is -2.25. The van der Waals surface area contributed by atoms with Crippen molar-refractivity contribution in [3.05, 3.63) is 23.3 Å². The Hall–Kier alpha value is -1.26. The Bertz CT molecular complexity index is 475. The van der Waals surface area contributed by atoms with Crippen LogP contribution in [0.4, 0.5) is 0 Å². The highest BCUT2D eigenvalue weighted by atomic mass is 16.6. The van der Waals surface area contributed by atoms with Crippen molar-refractivity contribution in [3.8, 4) is 11.5 Å². The summed E-state index contributed by atoms with van der Waals surface area (Å²) >= 11 is 0. The molecule has 1 fully saturated rings. The number of ether oxygens (including phenoxy) is 2. The number of benzene rings is 1. The third-order valence-corrected chi connectivity index (χ3v) is 4.26. The van der Waals surface area contributed by atoms with Crippen LogP contribution in [-0.4, -0.2) is 38.3 Å². The number of hydrogen-bond acceptors (Lipinski definition) is 4. The first-order valence-electron chi connectivity index (χ1n) is 6.99. The number of nitrogens with two attached hydrogens (primary N) is 1. The SMILES string of the molecule is Cc1cc2c(cc1C1CC(CN)CN1C)OCCO2. The van der Waals surface area contributed by atoms with Crippen LogP contribution in [0.5, 0.6) is 11.5 Å². The van der Waals surface area contributed by atoms with E-state index in [0.29, 0.717) is 25.2 Å². The largest absolute Gasteiger partial charge is 0.486 e. The first-order valence-corrected chi connectivity index (χ1v) is 6.99. The number of fused-ring (bicyclic) bond motifs is 1. The minimum absolute atomic E-state index is 0.448. The van der Waals surface area contributed by atoms with Crippen LogP contribution < -0.4 is 15.2 Å². The van der Waals surface area contributed by atoms with Crippen LogP contribution in [0.25, 0.3) is 0 Å². The third-order valence-electron chi connectivity index (χ3n) is 4.26. The van der Waals surface area contributed by atoms with Gasteiger partial charge in [-0.1, -0.05) is 0 Å². The summed E-state index contributed by atoms with van der Waals surface area (Å²) in [6.07, 6.45) is 1.13. The molecule has 0 aliphatic carbocycles. The van der Waals surface area contributed by atoms with E-state index >= 15 is 0 Å². The molecule has 0 saturated carbocycles. The van der Waals surface area contributed by atoms with Gasteiger partial charge in [0.15, 0.2) is 11.5 Å². The maximum absolute atomic E-state index is 5.81. The molecule has 2 unspecified atom stereocenters. The van der Waals surface area contributed by atoms with Gasteiger partial charge in [0.25, 0.3) is 0 Å². The normalized spacial score (nSPS) is 26.7. The number of rotatable bonds is 2. The van der Waals surface area contributed by atoms with E-state index in [4.69, 9.17) is 15.2 Å². The maximum Gasteiger partial charge on any atom is 0.161 e. The summed E-state index contributed by atoms with van der Waals surface area (Å²) in [6.45, 7) is 5.28. The second kappa shape index (κ2) is 5.02. The fourth-order valence-electron chi connectivity index (χ4n) is 3.21. The molecule has 4 nitrogen and oxygen atoms in total. The van der Waals surface area contributed by atoms with Gasteiger partial charge in [-0.15, -0.1) is 0 Å². The summed E-state index contributed by atoms with van der Waals surface area (Å²) in [7, 11) is 2.18. The van der Waals surface area contributed by atoms with E-state index in [1.165, 1.54) is 11.1 Å². The number of likely N-dealkylation sites (tertiary alicyclic amines) is 1. The summed E-state index contributed by atoms with van der Waals surface area (Å²) in [5, 5.41) is 0. The summed E-state index contributed by atoms with van der Waals surface area (Å²) < 4.78 is 11.3. The molecular weight excluding hydrogens is 240 g/mol. The van der Waals surface area contributed by atoms with Gasteiger partial charge in [0.2, 0.25) is 0 Å². The van der Waals surface area contributed by atoms with Crippen molar-refractivity contribution in [2.75, 3.05) is 33.4 Å². The quantitative estimate of drug-likeness (QED) is 0.881. The van der Waals surface area contributed by atoms with E-state index in [0.717, 1.165) is 31.0 Å². The van der Waals surface area contributed by atoms with Crippen LogP contribution >= 0.6 is 0 Å². The maximum atomic E-state index is 5.81. The van der Waals surface area contributed by atoms with Crippen LogP contribution in [0, 0.1) is 12.8 Å². The molecule has 4 heteroatoms. The topological polar surface area (TPSA) is 47.7 Å². The summed E-state index contributed by atoms with van der Waals surface area (Å²) in [5.74, 6) is 2.36. The van der Waals surface area contributed by atoms with Crippen molar-refractivity contribution < 1.29 is 9.47 Å². The van der Waals surface area contributed by atoms with Gasteiger partial charge < -0.3 is 15.2 Å². The summed E-state index contributed by atoms with van der Waals surface area (Å²) in [4.78, 5) is 2.40. The predicted octanol–water partition coefficient (Wildman–Crippen LogP) is 1.72. The lowest BCUT2D eigenvalue weighted by Crippen LogP contribution is -2.21. The fourth-order valence-corrected chi connectivity index (χ4v) is 3.21. The molecule has 2 aliphatic heterocycles. The molecule has 1 aromatic rings. The minimum atomic E-state index is 0.448. The Balaban J connectivity index is 1.92. The number of nitrogens with zero attached hydrogens (tertiary/aromatic N) is 1. The van der Waals surface area contributed by atoms with Gasteiger partial charge in [-0.3, -0.25) is 4.90 Å². The highest BCUT2D eigenvalue weighted by Crippen LogP contribution is 2.40. The molecule has 1 aromatic carbocycles. The van der Waals surface area contributed by atoms with E-state index < -0.39 is 0 Å². The Morgan fingerprint density at radius 2 is 1.95 bits per heavy atom. The average molecular weight is 262 g/mol. The molecule has 0 spiro atoms. The molecule has 2 N–H and O–H groups in total. The molecule has 0 aromatic heterocycles. The van der Waals surface area contributed by atoms with Gasteiger partial charge in [0, 0.05) is 12.6 Å². The third kappa shape index (κ3) is 2.30. The zero-order valence-corrected chi connectivity index (χ0v) is 11.7. The Morgan fingerprint density at radius 1 is 1.26 bits per heavy atom. The highest BCUT2D eigenvalue weighted by Gasteiger charge is 2.31. The molecule has 0 bridgehead atoms. The van der Waals surface area contributed by atoms with Crippen LogP contribution in [-0.2, 0) is 0 Å². The minimum Gasteiger partial charge on any atom is -0.486 e. The summed E-state index contributed by atoms with van der Waals surface area (Å²) in [5.41, 5.74) is 8.44. The Kier molecular flexibility index (Phi) is 3.37. The van der Waals surface area contributed by atoms with Gasteiger partial charge in [0.05, 0.1) is 0 Å². The molecule has 3 rings (SSSR count). The van der Waals surface area contributed by atoms with E-state index in [-0.39, 0.29) is 0 Å². The van der Waals surface area contributed by atoms with Gasteiger partial charge >= 0.3 is 0 Å². The molecule has 1 saturated heterocycles. The molecule has 19 heavy (non-hydrogen) atoms. The lowest BCUT2D eigenvalue weighted by atomic mass is 9.95. The zero-order chi connectivity index (χ0) is 13.4. The molecule has 2 aliphatic rings. The van der Waals surface area contributed by atoms with Crippen molar-refractivity contribution in [1.29, 1.82) is 0 Å². The Labute approximate surface area is 114 Å². The molecule has 0 amide bonds. The number of aryl methyl sites for hydroxylation is 1. The zero-order valence-electron chi connectivity index (χ0n) is 11.7. The van der Waals surface area contributed by atoms with Crippen molar-refractivity contribution >= 4 is 0 Å². The van der Waals surface area contributed by atoms with Crippen molar-refractivity contribution in [1.82, 2.24) is 4.90 Å². The van der Waals surface area contributed by atoms with Gasteiger partial charge in [-0.2, -0.15) is 0 Å². The molecule has 2 heterocycles. The van der Waals surface area contributed by atoms with E-state index in [1.54, 1.807) is 0 Å². The first-order chi connectivity index (χ1) is 9.19. The monoisotopic (exact) mass is 262 g/mol. The van der Waals surface area contributed by atoms with E-state index in [9.17, 15) is 0 Å². The van der Waals surface area contributed by atoms with E-state index in [2.05, 4.69) is 31.0 Å². The Morgan fingerprint density at radius 3 is 2.58 bits per heavy atom. The summed E-state index contributed by atoms with van der Waals surface area (Å²) in [6, 6.07) is 4.71. The molecular formula is C15H22N2O2. The average Bonchev–Trinajstić information content (AvgIpc) is 2.79. The van der Waals surface area contributed by atoms with Crippen molar-refractivity contribution in [2.24, 2.45) is 11.7 Å². The smallest absolute Gasteiger partial charge is 0.161 e. The first kappa shape index (κ1) is 12.8. The van der Waals surface area contributed by atoms with Crippen LogP contribution in [0.2, 0.25) is 0 Å². The second-order valence-corrected chi connectivity index (χ2v) is 5.65. The van der Waals surface area contributed by atoms with E-state index in [1.807, 2.05) is 0 Å². The van der Waals surface area contributed by atoms with Crippen molar-refractivity contribution in [2.45, 2.75) is 19.4 Å². The molecule has 2 atom stereocenters. The van der Waals surface area contributed by atoms with Gasteiger partial charge in [-0.05, 0) is 56.1 Å². The predicted molar refractivity (Wildman–Crippen MR) is 74.7 cm³/mol. The van der Waals surface area contributed by atoms with Gasteiger partial charge in [0.1, 0.15) is 13.2 Å². The van der Waals surface area contributed by atoms with Crippen molar-refractivity contribution in [3.63, 3.8) is 0 Å². The molecule has 104 valence electrons. The highest BCUT2D eigenvalue weighted by molar-refractivity contribution is 5.49. The fraction of sp³-hybridized carbons (Fsp3) is 0.600. The molecule has 0 radical (unpaired) electrons. The standard InChI is InChI=1S/C15H22N2O2/c1-10-5-14-15(19-4-3-18-14)7-12(10)13-6-11(8-16)9-17(13)2/h5,7,11,13H,3-4,6,8-9,16H2,1-2H3. The van der Waals surface area contributed by atoms with Crippen LogP contribution in [0.1, 0.15) is 23.6 Å². The van der Waals surface area contributed by atoms with Crippen LogP contribution in [0.3, 0.4) is 0 Å². The lowest BCUT2D eigenvalue weighted by molar-refractivity contribution is 0.170. The van der Waals surface area contributed by atoms with Crippen LogP contribution in [0.15, 0.2) is 12.1 Å². The number of hydrogen-bond donors (Lipinski definition) is 1. The van der Waals surface area contributed by atoms with Gasteiger partial charge in [-0.25, -0.2) is 0 Å². The second-order valence-electron chi connectivity index (χ2n) is 5.65.